The highest BCUT2D eigenvalue weighted by atomic mass is 32.2. The average Bonchev–Trinajstić information content (AvgIpc) is 2.89. The lowest BCUT2D eigenvalue weighted by atomic mass is 9.83. The van der Waals surface area contributed by atoms with Crippen LogP contribution in [-0.4, -0.2) is 39.9 Å². The summed E-state index contributed by atoms with van der Waals surface area (Å²) in [5.74, 6) is 2.91. The summed E-state index contributed by atoms with van der Waals surface area (Å²) < 4.78 is 42.4. The molecule has 0 saturated heterocycles. The molecule has 0 N–H and O–H groups in total. The number of nitrogens with zero attached hydrogens (tertiary/aromatic N) is 1. The lowest BCUT2D eigenvalue weighted by Crippen LogP contribution is -2.39. The summed E-state index contributed by atoms with van der Waals surface area (Å²) in [6.45, 7) is 1.72. The van der Waals surface area contributed by atoms with Gasteiger partial charge in [0.05, 0.1) is 45.4 Å². The standard InChI is InChI=1S/C27H28FNO5S/c1-30-23-10-16-8-9-29-15-17-11-25(32-3)27(34-35-19-7-5-6-18(28)12-19)26(33-4)21(17)13-22(29)20(16)14-24(23)31-2/h5-7,10-12,14,22H,8-9,13,15H2,1-4H3. The Bertz CT molecular complexity index is 1250. The number of methoxy groups -OCH3 is 4. The average molecular weight is 498 g/mol. The predicted molar refractivity (Wildman–Crippen MR) is 133 cm³/mol. The van der Waals surface area contributed by atoms with Crippen LogP contribution in [0, 0.1) is 5.82 Å². The molecule has 3 aromatic rings. The van der Waals surface area contributed by atoms with E-state index in [1.165, 1.54) is 23.3 Å². The van der Waals surface area contributed by atoms with E-state index in [9.17, 15) is 4.39 Å². The molecule has 184 valence electrons. The molecule has 0 bridgehead atoms. The van der Waals surface area contributed by atoms with E-state index in [-0.39, 0.29) is 11.9 Å². The van der Waals surface area contributed by atoms with Crippen molar-refractivity contribution in [2.75, 3.05) is 35.0 Å². The molecular formula is C27H28FNO5S. The molecule has 35 heavy (non-hydrogen) atoms. The Labute approximate surface area is 209 Å². The van der Waals surface area contributed by atoms with Crippen LogP contribution in [0.4, 0.5) is 4.39 Å². The van der Waals surface area contributed by atoms with Crippen LogP contribution in [0.15, 0.2) is 47.4 Å². The van der Waals surface area contributed by atoms with Gasteiger partial charge in [-0.05, 0) is 65.9 Å². The summed E-state index contributed by atoms with van der Waals surface area (Å²) in [5, 5.41) is 0. The Hall–Kier alpha value is -3.10. The van der Waals surface area contributed by atoms with Crippen molar-refractivity contribution in [2.24, 2.45) is 0 Å². The van der Waals surface area contributed by atoms with Gasteiger partial charge in [0.2, 0.25) is 5.75 Å². The van der Waals surface area contributed by atoms with Gasteiger partial charge >= 0.3 is 0 Å². The number of halogens is 1. The number of benzene rings is 3. The highest BCUT2D eigenvalue weighted by Gasteiger charge is 2.36. The lowest BCUT2D eigenvalue weighted by Gasteiger charge is -2.42. The van der Waals surface area contributed by atoms with Gasteiger partial charge < -0.3 is 23.1 Å². The summed E-state index contributed by atoms with van der Waals surface area (Å²) >= 11 is 1.08. The van der Waals surface area contributed by atoms with Crippen molar-refractivity contribution in [2.45, 2.75) is 30.3 Å². The van der Waals surface area contributed by atoms with Crippen LogP contribution in [0.2, 0.25) is 0 Å². The van der Waals surface area contributed by atoms with Crippen LogP contribution in [0.1, 0.15) is 28.3 Å². The van der Waals surface area contributed by atoms with Crippen molar-refractivity contribution < 1.29 is 27.5 Å². The first kappa shape index (κ1) is 23.6. The molecule has 8 heteroatoms. The molecule has 0 aliphatic carbocycles. The second kappa shape index (κ2) is 9.87. The minimum atomic E-state index is -0.314. The first-order valence-corrected chi connectivity index (χ1v) is 12.2. The van der Waals surface area contributed by atoms with Crippen LogP contribution >= 0.6 is 12.0 Å². The van der Waals surface area contributed by atoms with Gasteiger partial charge in [0.1, 0.15) is 5.82 Å². The molecular weight excluding hydrogens is 469 g/mol. The second-order valence-corrected chi connectivity index (χ2v) is 9.35. The largest absolute Gasteiger partial charge is 0.493 e. The minimum Gasteiger partial charge on any atom is -0.493 e. The van der Waals surface area contributed by atoms with E-state index in [0.29, 0.717) is 22.1 Å². The Morgan fingerprint density at radius 1 is 0.857 bits per heavy atom. The minimum absolute atomic E-state index is 0.178. The number of fused-ring (bicyclic) bond motifs is 4. The molecule has 2 aliphatic rings. The Morgan fingerprint density at radius 3 is 2.31 bits per heavy atom. The molecule has 0 spiro atoms. The molecule has 1 atom stereocenters. The molecule has 0 fully saturated rings. The third kappa shape index (κ3) is 4.36. The molecule has 2 aliphatic heterocycles. The van der Waals surface area contributed by atoms with E-state index in [1.54, 1.807) is 40.6 Å². The van der Waals surface area contributed by atoms with Gasteiger partial charge in [-0.2, -0.15) is 0 Å². The maximum absolute atomic E-state index is 13.6. The third-order valence-electron chi connectivity index (χ3n) is 6.72. The van der Waals surface area contributed by atoms with E-state index < -0.39 is 0 Å². The monoisotopic (exact) mass is 497 g/mol. The van der Waals surface area contributed by atoms with E-state index in [1.807, 2.05) is 6.07 Å². The van der Waals surface area contributed by atoms with Gasteiger partial charge in [0.25, 0.3) is 0 Å². The Balaban J connectivity index is 1.52. The quantitative estimate of drug-likeness (QED) is 0.394. The van der Waals surface area contributed by atoms with Gasteiger partial charge in [-0.1, -0.05) is 6.07 Å². The lowest BCUT2D eigenvalue weighted by molar-refractivity contribution is 0.158. The zero-order valence-electron chi connectivity index (χ0n) is 20.2. The first-order valence-electron chi connectivity index (χ1n) is 11.4. The third-order valence-corrected chi connectivity index (χ3v) is 7.42. The molecule has 0 radical (unpaired) electrons. The fourth-order valence-electron chi connectivity index (χ4n) is 5.05. The molecule has 6 nitrogen and oxygen atoms in total. The van der Waals surface area contributed by atoms with Crippen molar-refractivity contribution in [1.82, 2.24) is 4.90 Å². The fourth-order valence-corrected chi connectivity index (χ4v) is 5.68. The summed E-state index contributed by atoms with van der Waals surface area (Å²) in [6.07, 6.45) is 1.70. The van der Waals surface area contributed by atoms with Gasteiger partial charge in [-0.25, -0.2) is 4.39 Å². The van der Waals surface area contributed by atoms with Gasteiger partial charge in [0.15, 0.2) is 23.0 Å². The number of hydrogen-bond donors (Lipinski definition) is 0. The predicted octanol–water partition coefficient (Wildman–Crippen LogP) is 5.60. The number of rotatable bonds is 7. The van der Waals surface area contributed by atoms with Crippen molar-refractivity contribution in [3.05, 3.63) is 70.5 Å². The van der Waals surface area contributed by atoms with Crippen molar-refractivity contribution in [1.29, 1.82) is 0 Å². The van der Waals surface area contributed by atoms with Crippen molar-refractivity contribution in [3.8, 4) is 28.7 Å². The zero-order valence-corrected chi connectivity index (χ0v) is 21.0. The Kier molecular flexibility index (Phi) is 6.67. The molecule has 3 aromatic carbocycles. The molecule has 0 aromatic heterocycles. The van der Waals surface area contributed by atoms with Crippen LogP contribution in [0.25, 0.3) is 0 Å². The van der Waals surface area contributed by atoms with Gasteiger partial charge in [-0.15, -0.1) is 0 Å². The maximum atomic E-state index is 13.6. The van der Waals surface area contributed by atoms with E-state index in [2.05, 4.69) is 17.0 Å². The summed E-state index contributed by atoms with van der Waals surface area (Å²) in [4.78, 5) is 3.14. The zero-order chi connectivity index (χ0) is 24.5. The van der Waals surface area contributed by atoms with Crippen LogP contribution in [0.3, 0.4) is 0 Å². The van der Waals surface area contributed by atoms with Crippen molar-refractivity contribution in [3.63, 3.8) is 0 Å². The Morgan fingerprint density at radius 2 is 1.60 bits per heavy atom. The molecule has 2 heterocycles. The number of hydrogen-bond acceptors (Lipinski definition) is 7. The van der Waals surface area contributed by atoms with Crippen LogP contribution in [0.5, 0.6) is 28.7 Å². The van der Waals surface area contributed by atoms with Gasteiger partial charge in [-0.3, -0.25) is 4.90 Å². The second-order valence-electron chi connectivity index (χ2n) is 8.55. The highest BCUT2D eigenvalue weighted by molar-refractivity contribution is 7.95. The SMILES string of the molecule is COc1cc2c(cc1OC)C1Cc3c(cc(OC)c(OSc4cccc(F)c4)c3OC)CN1CC2. The summed E-state index contributed by atoms with van der Waals surface area (Å²) in [5.41, 5.74) is 4.76. The molecule has 0 amide bonds. The maximum Gasteiger partial charge on any atom is 0.221 e. The van der Waals surface area contributed by atoms with Crippen LogP contribution in [-0.2, 0) is 19.4 Å². The smallest absolute Gasteiger partial charge is 0.221 e. The summed E-state index contributed by atoms with van der Waals surface area (Å²) in [7, 11) is 6.58. The number of ether oxygens (including phenoxy) is 4. The van der Waals surface area contributed by atoms with E-state index >= 15 is 0 Å². The van der Waals surface area contributed by atoms with Crippen molar-refractivity contribution >= 4 is 12.0 Å². The first-order chi connectivity index (χ1) is 17.1. The van der Waals surface area contributed by atoms with Crippen LogP contribution < -0.4 is 23.1 Å². The fraction of sp³-hybridized carbons (Fsp3) is 0.333. The molecule has 0 saturated carbocycles. The molecule has 1 unspecified atom stereocenters. The normalized spacial score (nSPS) is 16.5. The highest BCUT2D eigenvalue weighted by Crippen LogP contribution is 2.50. The molecule has 5 rings (SSSR count). The van der Waals surface area contributed by atoms with E-state index in [0.717, 1.165) is 60.6 Å². The van der Waals surface area contributed by atoms with E-state index in [4.69, 9.17) is 23.1 Å². The van der Waals surface area contributed by atoms with Gasteiger partial charge in [0, 0.05) is 24.7 Å². The topological polar surface area (TPSA) is 49.4 Å². The summed E-state index contributed by atoms with van der Waals surface area (Å²) in [6, 6.07) is 12.7.